The van der Waals surface area contributed by atoms with Gasteiger partial charge in [-0.25, -0.2) is 0 Å². The first-order valence-corrected chi connectivity index (χ1v) is 12.9. The average Bonchev–Trinajstić information content (AvgIpc) is 3.76. The molecular formula is C33H29N3O3. The Morgan fingerprint density at radius 3 is 1.64 bits per heavy atom. The van der Waals surface area contributed by atoms with Crippen molar-refractivity contribution in [3.63, 3.8) is 0 Å². The Balaban J connectivity index is 1.22. The lowest BCUT2D eigenvalue weighted by molar-refractivity contribution is 0.569. The number of hydrogen-bond donors (Lipinski definition) is 2. The van der Waals surface area contributed by atoms with Gasteiger partial charge in [-0.1, -0.05) is 36.4 Å². The second kappa shape index (κ2) is 11.1. The molecule has 0 aliphatic rings. The van der Waals surface area contributed by atoms with Crippen LogP contribution < -0.4 is 15.5 Å². The van der Waals surface area contributed by atoms with Crippen molar-refractivity contribution in [2.24, 2.45) is 0 Å². The minimum absolute atomic E-state index is 0.725. The Bertz CT molecular complexity index is 1590. The van der Waals surface area contributed by atoms with Crippen LogP contribution in [0.5, 0.6) is 0 Å². The fourth-order valence-corrected chi connectivity index (χ4v) is 4.65. The molecule has 0 bridgehead atoms. The number of nitrogens with one attached hydrogen (secondary N) is 2. The van der Waals surface area contributed by atoms with Gasteiger partial charge in [0.15, 0.2) is 17.7 Å². The van der Waals surface area contributed by atoms with E-state index in [9.17, 15) is 0 Å². The summed E-state index contributed by atoms with van der Waals surface area (Å²) in [7, 11) is 2.04. The molecule has 6 heteroatoms. The van der Waals surface area contributed by atoms with Crippen molar-refractivity contribution in [2.45, 2.75) is 12.8 Å². The van der Waals surface area contributed by atoms with E-state index in [0.717, 1.165) is 47.6 Å². The van der Waals surface area contributed by atoms with Gasteiger partial charge in [0.2, 0.25) is 0 Å². The van der Waals surface area contributed by atoms with Crippen molar-refractivity contribution in [1.29, 1.82) is 0 Å². The molecule has 0 atom stereocenters. The van der Waals surface area contributed by atoms with Gasteiger partial charge in [0.1, 0.15) is 0 Å². The molecule has 3 heterocycles. The van der Waals surface area contributed by atoms with Crippen molar-refractivity contribution < 1.29 is 13.3 Å². The number of furan rings is 3. The van der Waals surface area contributed by atoms with Crippen LogP contribution in [0.1, 0.15) is 22.3 Å². The van der Waals surface area contributed by atoms with E-state index in [4.69, 9.17) is 13.3 Å². The third-order valence-corrected chi connectivity index (χ3v) is 6.63. The smallest absolute Gasteiger partial charge is 0.199 e. The summed E-state index contributed by atoms with van der Waals surface area (Å²) in [6, 6.07) is 35.0. The molecule has 3 aromatic heterocycles. The summed E-state index contributed by atoms with van der Waals surface area (Å²) in [5.41, 5.74) is 8.05. The third kappa shape index (κ3) is 5.91. The van der Waals surface area contributed by atoms with Gasteiger partial charge in [-0.05, 0) is 83.6 Å². The largest absolute Gasteiger partial charge is 0.449 e. The molecule has 6 aromatic rings. The summed E-state index contributed by atoms with van der Waals surface area (Å²) in [6.45, 7) is 0. The molecule has 0 radical (unpaired) electrons. The number of hydrogen-bond acceptors (Lipinski definition) is 6. The van der Waals surface area contributed by atoms with Crippen LogP contribution in [0.2, 0.25) is 0 Å². The first-order valence-electron chi connectivity index (χ1n) is 12.9. The molecular weight excluding hydrogens is 486 g/mol. The minimum Gasteiger partial charge on any atom is -0.449 e. The van der Waals surface area contributed by atoms with E-state index in [1.807, 2.05) is 43.4 Å². The van der Waals surface area contributed by atoms with Crippen LogP contribution >= 0.6 is 0 Å². The summed E-state index contributed by atoms with van der Waals surface area (Å²) < 4.78 is 16.5. The average molecular weight is 516 g/mol. The van der Waals surface area contributed by atoms with Crippen LogP contribution in [0, 0.1) is 0 Å². The lowest BCUT2D eigenvalue weighted by Gasteiger charge is -2.21. The molecule has 0 saturated carbocycles. The fraction of sp³-hybridized carbons (Fsp3) is 0.0909. The van der Waals surface area contributed by atoms with E-state index in [1.165, 1.54) is 22.3 Å². The van der Waals surface area contributed by atoms with Crippen molar-refractivity contribution in [3.05, 3.63) is 144 Å². The van der Waals surface area contributed by atoms with Crippen LogP contribution in [0.3, 0.4) is 0 Å². The zero-order chi connectivity index (χ0) is 26.4. The van der Waals surface area contributed by atoms with Crippen molar-refractivity contribution in [1.82, 2.24) is 0 Å². The van der Waals surface area contributed by atoms with Crippen LogP contribution in [0.25, 0.3) is 0 Å². The molecule has 3 aromatic carbocycles. The molecule has 6 rings (SSSR count). The molecule has 0 amide bonds. The Morgan fingerprint density at radius 2 is 1.10 bits per heavy atom. The number of benzene rings is 3. The summed E-state index contributed by atoms with van der Waals surface area (Å²) in [4.78, 5) is 2.10. The zero-order valence-corrected chi connectivity index (χ0v) is 21.6. The van der Waals surface area contributed by atoms with Crippen molar-refractivity contribution in [2.75, 3.05) is 22.6 Å². The lowest BCUT2D eigenvalue weighted by Crippen LogP contribution is -2.11. The molecule has 194 valence electrons. The maximum atomic E-state index is 5.69. The lowest BCUT2D eigenvalue weighted by atomic mass is 9.97. The second-order valence-electron chi connectivity index (χ2n) is 9.43. The van der Waals surface area contributed by atoms with Crippen LogP contribution in [0.4, 0.5) is 34.7 Å². The molecule has 0 fully saturated rings. The van der Waals surface area contributed by atoms with Gasteiger partial charge in [0, 0.05) is 42.3 Å². The first-order chi connectivity index (χ1) is 19.2. The summed E-state index contributed by atoms with van der Waals surface area (Å²) in [5, 5.41) is 6.55. The highest BCUT2D eigenvalue weighted by atomic mass is 16.3. The SMILES string of the molecule is CN(c1ccco1)c1ccc(Cc2ccc(Nc3ccco3)cc2)cc1Cc1ccc(Nc2ccco2)cc1. The summed E-state index contributed by atoms with van der Waals surface area (Å²) in [5.74, 6) is 2.26. The van der Waals surface area contributed by atoms with Gasteiger partial charge in [-0.3, -0.25) is 0 Å². The zero-order valence-electron chi connectivity index (χ0n) is 21.6. The standard InChI is InChI=1S/C33H29N3O3/c1-36(33-7-4-20-39-33)30-17-12-26(21-24-8-13-28(14-9-24)34-31-5-2-18-37-31)23-27(30)22-25-10-15-29(16-11-25)35-32-6-3-19-38-32/h2-20,23,34-35H,21-22H2,1H3. The van der Waals surface area contributed by atoms with Gasteiger partial charge in [0.05, 0.1) is 18.8 Å². The number of nitrogens with zero attached hydrogens (tertiary/aromatic N) is 1. The molecule has 6 nitrogen and oxygen atoms in total. The topological polar surface area (TPSA) is 66.7 Å². The fourth-order valence-electron chi connectivity index (χ4n) is 4.65. The predicted octanol–water partition coefficient (Wildman–Crippen LogP) is 8.90. The maximum absolute atomic E-state index is 5.69. The Morgan fingerprint density at radius 1 is 0.564 bits per heavy atom. The van der Waals surface area contributed by atoms with E-state index in [0.29, 0.717) is 0 Å². The number of rotatable bonds is 10. The quantitative estimate of drug-likeness (QED) is 0.190. The third-order valence-electron chi connectivity index (χ3n) is 6.63. The highest BCUT2D eigenvalue weighted by Crippen LogP contribution is 2.31. The van der Waals surface area contributed by atoms with E-state index < -0.39 is 0 Å². The molecule has 0 unspecified atom stereocenters. The van der Waals surface area contributed by atoms with Gasteiger partial charge in [-0.2, -0.15) is 0 Å². The molecule has 0 aliphatic heterocycles. The Labute approximate surface area is 227 Å². The monoisotopic (exact) mass is 515 g/mol. The van der Waals surface area contributed by atoms with Crippen molar-refractivity contribution in [3.8, 4) is 0 Å². The molecule has 39 heavy (non-hydrogen) atoms. The number of anilines is 6. The summed E-state index contributed by atoms with van der Waals surface area (Å²) in [6.07, 6.45) is 6.65. The summed E-state index contributed by atoms with van der Waals surface area (Å²) >= 11 is 0. The molecule has 2 N–H and O–H groups in total. The molecule has 0 saturated heterocycles. The normalized spacial score (nSPS) is 10.9. The van der Waals surface area contributed by atoms with Gasteiger partial charge < -0.3 is 28.8 Å². The molecule has 0 aliphatic carbocycles. The minimum atomic E-state index is 0.725. The second-order valence-corrected chi connectivity index (χ2v) is 9.43. The molecule has 0 spiro atoms. The van der Waals surface area contributed by atoms with Crippen LogP contribution in [-0.2, 0) is 12.8 Å². The maximum Gasteiger partial charge on any atom is 0.199 e. The van der Waals surface area contributed by atoms with Gasteiger partial charge in [-0.15, -0.1) is 0 Å². The highest BCUT2D eigenvalue weighted by Gasteiger charge is 2.14. The Kier molecular flexibility index (Phi) is 6.91. The van der Waals surface area contributed by atoms with E-state index in [2.05, 4.69) is 82.3 Å². The first kappa shape index (κ1) is 24.2. The van der Waals surface area contributed by atoms with Crippen molar-refractivity contribution >= 4 is 34.7 Å². The predicted molar refractivity (Wildman–Crippen MR) is 156 cm³/mol. The van der Waals surface area contributed by atoms with Crippen LogP contribution in [0.15, 0.2) is 135 Å². The van der Waals surface area contributed by atoms with Crippen LogP contribution in [-0.4, -0.2) is 7.05 Å². The van der Waals surface area contributed by atoms with E-state index in [-0.39, 0.29) is 0 Å². The Hall–Kier alpha value is -5.10. The van der Waals surface area contributed by atoms with E-state index in [1.54, 1.807) is 18.8 Å². The van der Waals surface area contributed by atoms with Gasteiger partial charge >= 0.3 is 0 Å². The van der Waals surface area contributed by atoms with E-state index >= 15 is 0 Å². The highest BCUT2D eigenvalue weighted by molar-refractivity contribution is 5.64. The van der Waals surface area contributed by atoms with Gasteiger partial charge in [0.25, 0.3) is 0 Å².